The number of thioether (sulfide) groups is 1. The molecule has 5 nitrogen and oxygen atoms in total. The molecular formula is C14H22N4OS. The highest BCUT2D eigenvalue weighted by molar-refractivity contribution is 8.00. The van der Waals surface area contributed by atoms with Gasteiger partial charge in [-0.2, -0.15) is 11.8 Å². The number of amides is 2. The third-order valence-corrected chi connectivity index (χ3v) is 5.51. The predicted molar refractivity (Wildman–Crippen MR) is 80.9 cm³/mol. The van der Waals surface area contributed by atoms with Crippen LogP contribution < -0.4 is 10.6 Å². The molecule has 6 heteroatoms. The van der Waals surface area contributed by atoms with Gasteiger partial charge in [0.25, 0.3) is 0 Å². The molecule has 1 fully saturated rings. The number of imidazole rings is 1. The van der Waals surface area contributed by atoms with Crippen LogP contribution >= 0.6 is 11.8 Å². The molecule has 2 aliphatic rings. The predicted octanol–water partition coefficient (Wildman–Crippen LogP) is 1.64. The molecule has 2 amide bonds. The Bertz CT molecular complexity index is 456. The van der Waals surface area contributed by atoms with Crippen molar-refractivity contribution in [3.63, 3.8) is 0 Å². The van der Waals surface area contributed by atoms with Crippen molar-refractivity contribution in [1.29, 1.82) is 0 Å². The maximum absolute atomic E-state index is 11.8. The molecule has 0 aliphatic carbocycles. The summed E-state index contributed by atoms with van der Waals surface area (Å²) in [6, 6.07) is -0.0218. The van der Waals surface area contributed by atoms with Crippen molar-refractivity contribution in [2.45, 2.75) is 37.5 Å². The number of rotatable bonds is 4. The van der Waals surface area contributed by atoms with Crippen LogP contribution in [0.5, 0.6) is 0 Å². The zero-order valence-electron chi connectivity index (χ0n) is 11.7. The summed E-state index contributed by atoms with van der Waals surface area (Å²) in [5.41, 5.74) is 0. The summed E-state index contributed by atoms with van der Waals surface area (Å²) in [5, 5.41) is 6.60. The van der Waals surface area contributed by atoms with Crippen LogP contribution in [0.25, 0.3) is 0 Å². The standard InChI is InChI=1S/C14H22N4OS/c19-14(17-10-12-2-1-7-20-12)16-9-11-3-5-18-6-4-15-13(18)8-11/h4,6,11-12H,1-3,5,7-10H2,(H2,16,17,19)/t11-,12+/m0/s1. The number of aromatic nitrogens is 2. The largest absolute Gasteiger partial charge is 0.338 e. The van der Waals surface area contributed by atoms with Crippen LogP contribution in [-0.2, 0) is 13.0 Å². The van der Waals surface area contributed by atoms with Gasteiger partial charge in [-0.3, -0.25) is 0 Å². The second kappa shape index (κ2) is 6.52. The Hall–Kier alpha value is -1.17. The number of aryl methyl sites for hydroxylation is 1. The second-order valence-corrected chi connectivity index (χ2v) is 7.03. The number of nitrogens with one attached hydrogen (secondary N) is 2. The Balaban J connectivity index is 1.36. The van der Waals surface area contributed by atoms with E-state index in [0.717, 1.165) is 38.3 Å². The monoisotopic (exact) mass is 294 g/mol. The van der Waals surface area contributed by atoms with Crippen molar-refractivity contribution >= 4 is 17.8 Å². The highest BCUT2D eigenvalue weighted by atomic mass is 32.2. The first kappa shape index (κ1) is 13.8. The molecule has 2 atom stereocenters. The molecule has 3 heterocycles. The summed E-state index contributed by atoms with van der Waals surface area (Å²) in [7, 11) is 0. The zero-order valence-corrected chi connectivity index (χ0v) is 12.5. The molecule has 1 saturated heterocycles. The first-order valence-electron chi connectivity index (χ1n) is 7.44. The van der Waals surface area contributed by atoms with E-state index in [1.807, 2.05) is 24.2 Å². The smallest absolute Gasteiger partial charge is 0.314 e. The highest BCUT2D eigenvalue weighted by Gasteiger charge is 2.20. The molecular weight excluding hydrogens is 272 g/mol. The maximum Gasteiger partial charge on any atom is 0.314 e. The maximum atomic E-state index is 11.8. The van der Waals surface area contributed by atoms with Crippen LogP contribution in [0.4, 0.5) is 4.79 Å². The second-order valence-electron chi connectivity index (χ2n) is 5.62. The van der Waals surface area contributed by atoms with E-state index in [1.54, 1.807) is 0 Å². The Morgan fingerprint density at radius 2 is 2.30 bits per heavy atom. The summed E-state index contributed by atoms with van der Waals surface area (Å²) in [6.45, 7) is 2.56. The number of hydrogen-bond donors (Lipinski definition) is 2. The normalized spacial score (nSPS) is 25.2. The van der Waals surface area contributed by atoms with E-state index in [2.05, 4.69) is 20.2 Å². The Morgan fingerprint density at radius 3 is 3.15 bits per heavy atom. The zero-order chi connectivity index (χ0) is 13.8. The first-order valence-corrected chi connectivity index (χ1v) is 8.49. The molecule has 0 radical (unpaired) electrons. The van der Waals surface area contributed by atoms with E-state index in [9.17, 15) is 4.79 Å². The third-order valence-electron chi connectivity index (χ3n) is 4.12. The fourth-order valence-electron chi connectivity index (χ4n) is 2.90. The fourth-order valence-corrected chi connectivity index (χ4v) is 4.10. The van der Waals surface area contributed by atoms with Crippen LogP contribution in [0.2, 0.25) is 0 Å². The van der Waals surface area contributed by atoms with E-state index in [4.69, 9.17) is 0 Å². The van der Waals surface area contributed by atoms with Crippen molar-refractivity contribution in [2.75, 3.05) is 18.8 Å². The molecule has 1 aromatic heterocycles. The molecule has 110 valence electrons. The van der Waals surface area contributed by atoms with Crippen LogP contribution in [0.3, 0.4) is 0 Å². The lowest BCUT2D eigenvalue weighted by atomic mass is 9.98. The molecule has 0 bridgehead atoms. The van der Waals surface area contributed by atoms with Gasteiger partial charge < -0.3 is 15.2 Å². The van der Waals surface area contributed by atoms with Gasteiger partial charge >= 0.3 is 6.03 Å². The van der Waals surface area contributed by atoms with Gasteiger partial charge in [-0.1, -0.05) is 0 Å². The number of carbonyl (C=O) groups is 1. The van der Waals surface area contributed by atoms with Gasteiger partial charge in [-0.25, -0.2) is 9.78 Å². The van der Waals surface area contributed by atoms with Gasteiger partial charge in [0.15, 0.2) is 0 Å². The number of carbonyl (C=O) groups excluding carboxylic acids is 1. The van der Waals surface area contributed by atoms with Crippen molar-refractivity contribution in [3.05, 3.63) is 18.2 Å². The average molecular weight is 294 g/mol. The van der Waals surface area contributed by atoms with Gasteiger partial charge in [0.05, 0.1) is 0 Å². The fraction of sp³-hybridized carbons (Fsp3) is 0.714. The molecule has 20 heavy (non-hydrogen) atoms. The molecule has 1 aromatic rings. The van der Waals surface area contributed by atoms with Crippen molar-refractivity contribution < 1.29 is 4.79 Å². The van der Waals surface area contributed by atoms with E-state index < -0.39 is 0 Å². The molecule has 2 aliphatic heterocycles. The third kappa shape index (κ3) is 3.48. The van der Waals surface area contributed by atoms with Gasteiger partial charge in [0.2, 0.25) is 0 Å². The quantitative estimate of drug-likeness (QED) is 0.887. The minimum atomic E-state index is -0.0218. The van der Waals surface area contributed by atoms with E-state index >= 15 is 0 Å². The molecule has 0 saturated carbocycles. The summed E-state index contributed by atoms with van der Waals surface area (Å²) < 4.78 is 2.20. The van der Waals surface area contributed by atoms with Crippen LogP contribution in [0.15, 0.2) is 12.4 Å². The van der Waals surface area contributed by atoms with E-state index in [1.165, 1.54) is 18.6 Å². The Labute approximate surface area is 123 Å². The topological polar surface area (TPSA) is 59.0 Å². The summed E-state index contributed by atoms with van der Waals surface area (Å²) >= 11 is 1.97. The van der Waals surface area contributed by atoms with Gasteiger partial charge in [0, 0.05) is 43.7 Å². The van der Waals surface area contributed by atoms with E-state index in [-0.39, 0.29) is 6.03 Å². The lowest BCUT2D eigenvalue weighted by Crippen LogP contribution is -2.41. The summed E-state index contributed by atoms with van der Waals surface area (Å²) in [4.78, 5) is 16.1. The molecule has 2 N–H and O–H groups in total. The number of nitrogens with zero attached hydrogens (tertiary/aromatic N) is 2. The molecule has 0 spiro atoms. The Morgan fingerprint density at radius 1 is 1.40 bits per heavy atom. The lowest BCUT2D eigenvalue weighted by molar-refractivity contribution is 0.237. The number of urea groups is 1. The van der Waals surface area contributed by atoms with Gasteiger partial charge in [0.1, 0.15) is 5.82 Å². The number of hydrogen-bond acceptors (Lipinski definition) is 3. The van der Waals surface area contributed by atoms with Crippen molar-refractivity contribution in [1.82, 2.24) is 20.2 Å². The summed E-state index contributed by atoms with van der Waals surface area (Å²) in [5.74, 6) is 2.89. The van der Waals surface area contributed by atoms with Crippen molar-refractivity contribution in [3.8, 4) is 0 Å². The number of fused-ring (bicyclic) bond motifs is 1. The molecule has 0 unspecified atom stereocenters. The molecule has 3 rings (SSSR count). The minimum Gasteiger partial charge on any atom is -0.338 e. The van der Waals surface area contributed by atoms with E-state index in [0.29, 0.717) is 11.2 Å². The van der Waals surface area contributed by atoms with Crippen molar-refractivity contribution in [2.24, 2.45) is 5.92 Å². The van der Waals surface area contributed by atoms with Gasteiger partial charge in [-0.15, -0.1) is 0 Å². The van der Waals surface area contributed by atoms with Gasteiger partial charge in [-0.05, 0) is 30.9 Å². The van der Waals surface area contributed by atoms with Crippen LogP contribution in [0.1, 0.15) is 25.1 Å². The lowest BCUT2D eigenvalue weighted by Gasteiger charge is -2.23. The highest BCUT2D eigenvalue weighted by Crippen LogP contribution is 2.25. The Kier molecular flexibility index (Phi) is 4.50. The minimum absolute atomic E-state index is 0.0218. The van der Waals surface area contributed by atoms with Crippen LogP contribution in [-0.4, -0.2) is 39.7 Å². The molecule has 0 aromatic carbocycles. The first-order chi connectivity index (χ1) is 9.81. The SMILES string of the molecule is O=C(NC[C@H]1CCn2ccnc2C1)NC[C@H]1CCCS1. The van der Waals surface area contributed by atoms with Crippen LogP contribution in [0, 0.1) is 5.92 Å². The summed E-state index contributed by atoms with van der Waals surface area (Å²) in [6.07, 6.45) is 8.49. The average Bonchev–Trinajstić information content (AvgIpc) is 3.13.